The molecule has 2 amide bonds. The van der Waals surface area contributed by atoms with E-state index in [1.807, 2.05) is 6.92 Å². The van der Waals surface area contributed by atoms with Crippen molar-refractivity contribution in [2.45, 2.75) is 26.2 Å². The highest BCUT2D eigenvalue weighted by atomic mass is 32.1. The zero-order valence-corrected chi connectivity index (χ0v) is 13.6. The topological polar surface area (TPSA) is 98.5 Å². The maximum Gasteiger partial charge on any atom is 0.331 e. The van der Waals surface area contributed by atoms with Crippen LogP contribution < -0.4 is 11.1 Å². The second-order valence-electron chi connectivity index (χ2n) is 4.97. The molecule has 0 unspecified atom stereocenters. The van der Waals surface area contributed by atoms with Crippen molar-refractivity contribution in [3.63, 3.8) is 0 Å². The van der Waals surface area contributed by atoms with Gasteiger partial charge in [0.1, 0.15) is 5.00 Å². The van der Waals surface area contributed by atoms with Crippen LogP contribution in [0.5, 0.6) is 0 Å². The number of amides is 2. The molecule has 0 saturated carbocycles. The molecular formula is C16H18N2O4S. The Hall–Kier alpha value is -2.41. The third-order valence-electron chi connectivity index (χ3n) is 3.30. The number of esters is 1. The molecule has 0 aromatic carbocycles. The summed E-state index contributed by atoms with van der Waals surface area (Å²) < 4.78 is 4.82. The monoisotopic (exact) mass is 334 g/mol. The summed E-state index contributed by atoms with van der Waals surface area (Å²) in [5.74, 6) is -1.66. The SMILES string of the molecule is C/C=C/C=C/C(=O)OCC(=O)Nc1sc2c(c1C(N)=O)CCC2. The van der Waals surface area contributed by atoms with Gasteiger partial charge in [-0.25, -0.2) is 4.79 Å². The molecule has 7 heteroatoms. The number of carbonyl (C=O) groups excluding carboxylic acids is 3. The molecule has 0 bridgehead atoms. The van der Waals surface area contributed by atoms with Gasteiger partial charge in [0.05, 0.1) is 5.56 Å². The molecule has 0 atom stereocenters. The summed E-state index contributed by atoms with van der Waals surface area (Å²) in [5.41, 5.74) is 6.73. The third kappa shape index (κ3) is 4.29. The number of allylic oxidation sites excluding steroid dienone is 3. The number of rotatable bonds is 6. The van der Waals surface area contributed by atoms with Crippen molar-refractivity contribution in [2.75, 3.05) is 11.9 Å². The fourth-order valence-corrected chi connectivity index (χ4v) is 3.66. The molecule has 0 fully saturated rings. The first-order valence-electron chi connectivity index (χ1n) is 7.23. The molecule has 0 aliphatic heterocycles. The van der Waals surface area contributed by atoms with E-state index >= 15 is 0 Å². The van der Waals surface area contributed by atoms with Gasteiger partial charge in [-0.1, -0.05) is 18.2 Å². The zero-order valence-electron chi connectivity index (χ0n) is 12.8. The summed E-state index contributed by atoms with van der Waals surface area (Å²) in [5, 5.41) is 3.05. The number of hydrogen-bond acceptors (Lipinski definition) is 5. The van der Waals surface area contributed by atoms with Gasteiger partial charge in [0, 0.05) is 11.0 Å². The van der Waals surface area contributed by atoms with Crippen molar-refractivity contribution in [1.29, 1.82) is 0 Å². The number of aryl methyl sites for hydroxylation is 1. The number of ether oxygens (including phenoxy) is 1. The van der Waals surface area contributed by atoms with Gasteiger partial charge in [0.25, 0.3) is 11.8 Å². The van der Waals surface area contributed by atoms with Gasteiger partial charge in [0.15, 0.2) is 6.61 Å². The highest BCUT2D eigenvalue weighted by Crippen LogP contribution is 2.38. The van der Waals surface area contributed by atoms with Gasteiger partial charge in [-0.05, 0) is 31.7 Å². The molecule has 0 radical (unpaired) electrons. The van der Waals surface area contributed by atoms with E-state index in [-0.39, 0.29) is 0 Å². The van der Waals surface area contributed by atoms with Crippen LogP contribution in [0.25, 0.3) is 0 Å². The van der Waals surface area contributed by atoms with E-state index in [1.54, 1.807) is 12.2 Å². The van der Waals surface area contributed by atoms with Crippen molar-refractivity contribution >= 4 is 34.1 Å². The van der Waals surface area contributed by atoms with Crippen LogP contribution >= 0.6 is 11.3 Å². The van der Waals surface area contributed by atoms with Gasteiger partial charge < -0.3 is 15.8 Å². The Morgan fingerprint density at radius 2 is 2.09 bits per heavy atom. The molecule has 1 aromatic heterocycles. The number of primary amides is 1. The fourth-order valence-electron chi connectivity index (χ4n) is 2.35. The normalized spacial score (nSPS) is 13.4. The van der Waals surface area contributed by atoms with Crippen LogP contribution in [0.4, 0.5) is 5.00 Å². The van der Waals surface area contributed by atoms with Crippen molar-refractivity contribution in [3.05, 3.63) is 40.3 Å². The second kappa shape index (κ2) is 7.73. The molecule has 3 N–H and O–H groups in total. The predicted octanol–water partition coefficient (Wildman–Crippen LogP) is 1.95. The number of anilines is 1. The quantitative estimate of drug-likeness (QED) is 0.472. The minimum absolute atomic E-state index is 0.384. The first-order valence-corrected chi connectivity index (χ1v) is 8.05. The molecule has 6 nitrogen and oxygen atoms in total. The Kier molecular flexibility index (Phi) is 5.70. The van der Waals surface area contributed by atoms with Crippen LogP contribution in [0.3, 0.4) is 0 Å². The minimum Gasteiger partial charge on any atom is -0.452 e. The fraction of sp³-hybridized carbons (Fsp3) is 0.312. The Morgan fingerprint density at radius 3 is 2.78 bits per heavy atom. The molecule has 1 aliphatic carbocycles. The van der Waals surface area contributed by atoms with E-state index in [9.17, 15) is 14.4 Å². The molecule has 122 valence electrons. The smallest absolute Gasteiger partial charge is 0.331 e. The summed E-state index contributed by atoms with van der Waals surface area (Å²) in [6.45, 7) is 1.40. The highest BCUT2D eigenvalue weighted by molar-refractivity contribution is 7.17. The number of nitrogens with two attached hydrogens (primary N) is 1. The Morgan fingerprint density at radius 1 is 1.30 bits per heavy atom. The van der Waals surface area contributed by atoms with Gasteiger partial charge in [0.2, 0.25) is 0 Å². The summed E-state index contributed by atoms with van der Waals surface area (Å²) in [4.78, 5) is 35.9. The van der Waals surface area contributed by atoms with E-state index in [1.165, 1.54) is 23.5 Å². The van der Waals surface area contributed by atoms with Crippen LogP contribution in [0.15, 0.2) is 24.3 Å². The first-order chi connectivity index (χ1) is 11.0. The highest BCUT2D eigenvalue weighted by Gasteiger charge is 2.26. The Bertz CT molecular complexity index is 688. The first kappa shape index (κ1) is 17.0. The van der Waals surface area contributed by atoms with Gasteiger partial charge in [-0.3, -0.25) is 9.59 Å². The van der Waals surface area contributed by atoms with Gasteiger partial charge in [-0.15, -0.1) is 11.3 Å². The molecule has 1 aliphatic rings. The van der Waals surface area contributed by atoms with Crippen molar-refractivity contribution < 1.29 is 19.1 Å². The second-order valence-corrected chi connectivity index (χ2v) is 6.07. The van der Waals surface area contributed by atoms with Crippen molar-refractivity contribution in [2.24, 2.45) is 5.73 Å². The zero-order chi connectivity index (χ0) is 16.8. The molecule has 1 aromatic rings. The van der Waals surface area contributed by atoms with Gasteiger partial charge in [-0.2, -0.15) is 0 Å². The van der Waals surface area contributed by atoms with E-state index in [2.05, 4.69) is 5.32 Å². The molecule has 2 rings (SSSR count). The summed E-state index contributed by atoms with van der Waals surface area (Å²) in [6, 6.07) is 0. The average molecular weight is 334 g/mol. The summed E-state index contributed by atoms with van der Waals surface area (Å²) >= 11 is 1.36. The summed E-state index contributed by atoms with van der Waals surface area (Å²) in [6.07, 6.45) is 8.86. The number of hydrogen-bond donors (Lipinski definition) is 2. The average Bonchev–Trinajstić information content (AvgIpc) is 3.05. The van der Waals surface area contributed by atoms with Crippen LogP contribution in [-0.2, 0) is 27.2 Å². The van der Waals surface area contributed by atoms with Crippen molar-refractivity contribution in [1.82, 2.24) is 0 Å². The third-order valence-corrected chi connectivity index (χ3v) is 4.51. The minimum atomic E-state index is -0.609. The van der Waals surface area contributed by atoms with Crippen LogP contribution in [0.2, 0.25) is 0 Å². The molecular weight excluding hydrogens is 316 g/mol. The number of thiophene rings is 1. The van der Waals surface area contributed by atoms with E-state index < -0.39 is 24.4 Å². The van der Waals surface area contributed by atoms with Crippen LogP contribution in [0, 0.1) is 0 Å². The maximum absolute atomic E-state index is 11.9. The largest absolute Gasteiger partial charge is 0.452 e. The van der Waals surface area contributed by atoms with Crippen LogP contribution in [-0.4, -0.2) is 24.4 Å². The molecule has 0 spiro atoms. The number of carbonyl (C=O) groups is 3. The lowest BCUT2D eigenvalue weighted by molar-refractivity contribution is -0.142. The number of nitrogens with one attached hydrogen (secondary N) is 1. The van der Waals surface area contributed by atoms with Gasteiger partial charge >= 0.3 is 5.97 Å². The maximum atomic E-state index is 11.9. The van der Waals surface area contributed by atoms with E-state index in [0.717, 1.165) is 29.7 Å². The Labute approximate surface area is 138 Å². The standard InChI is InChI=1S/C16H18N2O4S/c1-2-3-4-8-13(20)22-9-12(19)18-16-14(15(17)21)10-6-5-7-11(10)23-16/h2-4,8H,5-7,9H2,1H3,(H2,17,21)(H,18,19)/b3-2+,8-4+. The molecule has 0 saturated heterocycles. The lowest BCUT2D eigenvalue weighted by Crippen LogP contribution is -2.22. The summed E-state index contributed by atoms with van der Waals surface area (Å²) in [7, 11) is 0. The van der Waals surface area contributed by atoms with E-state index in [4.69, 9.17) is 10.5 Å². The predicted molar refractivity (Wildman–Crippen MR) is 88.4 cm³/mol. The number of fused-ring (bicyclic) bond motifs is 1. The van der Waals surface area contributed by atoms with Crippen LogP contribution in [0.1, 0.15) is 34.1 Å². The van der Waals surface area contributed by atoms with E-state index in [0.29, 0.717) is 10.6 Å². The lowest BCUT2D eigenvalue weighted by Gasteiger charge is -2.06. The van der Waals surface area contributed by atoms with Crippen molar-refractivity contribution in [3.8, 4) is 0 Å². The lowest BCUT2D eigenvalue weighted by atomic mass is 10.1. The molecule has 1 heterocycles. The Balaban J connectivity index is 1.96. The molecule has 23 heavy (non-hydrogen) atoms.